The van der Waals surface area contributed by atoms with Gasteiger partial charge in [-0.1, -0.05) is 35.9 Å². The fourth-order valence-electron chi connectivity index (χ4n) is 2.75. The van der Waals surface area contributed by atoms with E-state index in [-0.39, 0.29) is 6.54 Å². The number of halogens is 1. The zero-order valence-electron chi connectivity index (χ0n) is 13.3. The van der Waals surface area contributed by atoms with Crippen molar-refractivity contribution in [3.8, 4) is 0 Å². The van der Waals surface area contributed by atoms with Crippen molar-refractivity contribution >= 4 is 33.4 Å². The van der Waals surface area contributed by atoms with Crippen LogP contribution in [0.5, 0.6) is 0 Å². The largest absolute Gasteiger partial charge is 0.329 e. The molecule has 0 aliphatic carbocycles. The van der Waals surface area contributed by atoms with Crippen LogP contribution in [0.1, 0.15) is 29.8 Å². The minimum Gasteiger partial charge on any atom is -0.268 e. The lowest BCUT2D eigenvalue weighted by Crippen LogP contribution is -2.53. The first-order valence-electron chi connectivity index (χ1n) is 7.52. The standard InChI is InChI=1S/C17H17ClN2O3S/c1-12(2)20-17(21)15-5-3-4-6-16(15)19(24(20,22)23)11-13-7-9-14(18)10-8-13/h3-10,12H,11H2,1-2H3. The average Bonchev–Trinajstić information content (AvgIpc) is 2.52. The van der Waals surface area contributed by atoms with Gasteiger partial charge in [-0.05, 0) is 43.7 Å². The Balaban J connectivity index is 2.13. The number of benzene rings is 2. The number of carbonyl (C=O) groups excluding carboxylic acids is 1. The van der Waals surface area contributed by atoms with E-state index >= 15 is 0 Å². The lowest BCUT2D eigenvalue weighted by Gasteiger charge is -2.38. The Morgan fingerprint density at radius 2 is 1.67 bits per heavy atom. The quantitative estimate of drug-likeness (QED) is 0.838. The number of hydrogen-bond acceptors (Lipinski definition) is 3. The van der Waals surface area contributed by atoms with Crippen molar-refractivity contribution in [3.05, 3.63) is 64.7 Å². The molecule has 1 heterocycles. The van der Waals surface area contributed by atoms with Crippen LogP contribution in [0.15, 0.2) is 48.5 Å². The van der Waals surface area contributed by atoms with E-state index in [9.17, 15) is 13.2 Å². The topological polar surface area (TPSA) is 57.7 Å². The number of hydrogen-bond donors (Lipinski definition) is 0. The van der Waals surface area contributed by atoms with Crippen molar-refractivity contribution in [2.45, 2.75) is 26.4 Å². The Hall–Kier alpha value is -2.05. The summed E-state index contributed by atoms with van der Waals surface area (Å²) in [5, 5.41) is 0.583. The molecule has 7 heteroatoms. The molecule has 0 fully saturated rings. The van der Waals surface area contributed by atoms with Gasteiger partial charge in [-0.15, -0.1) is 0 Å². The normalized spacial score (nSPS) is 16.4. The summed E-state index contributed by atoms with van der Waals surface area (Å²) >= 11 is 5.89. The zero-order chi connectivity index (χ0) is 17.5. The summed E-state index contributed by atoms with van der Waals surface area (Å²) in [6.07, 6.45) is 0. The monoisotopic (exact) mass is 364 g/mol. The molecule has 0 aromatic heterocycles. The molecular formula is C17H17ClN2O3S. The van der Waals surface area contributed by atoms with E-state index in [1.54, 1.807) is 62.4 Å². The third kappa shape index (κ3) is 2.76. The van der Waals surface area contributed by atoms with Crippen LogP contribution in [0.25, 0.3) is 0 Å². The summed E-state index contributed by atoms with van der Waals surface area (Å²) in [6.45, 7) is 3.50. The molecule has 0 saturated heterocycles. The molecule has 1 aliphatic rings. The lowest BCUT2D eigenvalue weighted by atomic mass is 10.1. The molecule has 0 bridgehead atoms. The molecule has 1 amide bonds. The van der Waals surface area contributed by atoms with E-state index in [2.05, 4.69) is 0 Å². The summed E-state index contributed by atoms with van der Waals surface area (Å²) in [4.78, 5) is 12.6. The summed E-state index contributed by atoms with van der Waals surface area (Å²) in [6, 6.07) is 13.3. The van der Waals surface area contributed by atoms with Crippen LogP contribution in [0.3, 0.4) is 0 Å². The van der Waals surface area contributed by atoms with E-state index in [4.69, 9.17) is 11.6 Å². The summed E-state index contributed by atoms with van der Waals surface area (Å²) in [5.41, 5.74) is 1.57. The molecule has 0 spiro atoms. The number of anilines is 1. The first-order chi connectivity index (χ1) is 11.3. The fourth-order valence-corrected chi connectivity index (χ4v) is 4.65. The summed E-state index contributed by atoms with van der Waals surface area (Å²) in [7, 11) is -3.95. The highest BCUT2D eigenvalue weighted by Gasteiger charge is 2.42. The average molecular weight is 365 g/mol. The van der Waals surface area contributed by atoms with E-state index in [0.717, 1.165) is 9.87 Å². The molecule has 0 atom stereocenters. The number of fused-ring (bicyclic) bond motifs is 1. The Kier molecular flexibility index (Phi) is 4.27. The van der Waals surface area contributed by atoms with Crippen molar-refractivity contribution in [2.75, 3.05) is 4.31 Å². The van der Waals surface area contributed by atoms with Crippen LogP contribution in [0.2, 0.25) is 5.02 Å². The van der Waals surface area contributed by atoms with Gasteiger partial charge in [0, 0.05) is 11.1 Å². The molecule has 3 rings (SSSR count). The number of nitrogens with zero attached hydrogens (tertiary/aromatic N) is 2. The Morgan fingerprint density at radius 3 is 2.29 bits per heavy atom. The number of amides is 1. The van der Waals surface area contributed by atoms with Crippen LogP contribution in [-0.4, -0.2) is 24.7 Å². The molecule has 1 aliphatic heterocycles. The van der Waals surface area contributed by atoms with Gasteiger partial charge in [0.25, 0.3) is 5.91 Å². The van der Waals surface area contributed by atoms with Gasteiger partial charge in [-0.2, -0.15) is 8.42 Å². The highest BCUT2D eigenvalue weighted by molar-refractivity contribution is 7.91. The van der Waals surface area contributed by atoms with Crippen molar-refractivity contribution in [1.29, 1.82) is 0 Å². The van der Waals surface area contributed by atoms with E-state index in [0.29, 0.717) is 16.3 Å². The summed E-state index contributed by atoms with van der Waals surface area (Å²) in [5.74, 6) is -0.493. The van der Waals surface area contributed by atoms with Gasteiger partial charge in [0.15, 0.2) is 0 Å². The van der Waals surface area contributed by atoms with Crippen molar-refractivity contribution < 1.29 is 13.2 Å². The number of para-hydroxylation sites is 1. The van der Waals surface area contributed by atoms with Gasteiger partial charge >= 0.3 is 10.2 Å². The van der Waals surface area contributed by atoms with Gasteiger partial charge in [-0.3, -0.25) is 4.79 Å². The van der Waals surface area contributed by atoms with E-state index < -0.39 is 22.2 Å². The predicted octanol–water partition coefficient (Wildman–Crippen LogP) is 3.46. The lowest BCUT2D eigenvalue weighted by molar-refractivity contribution is 0.0831. The third-order valence-corrected chi connectivity index (χ3v) is 6.06. The van der Waals surface area contributed by atoms with Crippen LogP contribution >= 0.6 is 11.6 Å². The maximum atomic E-state index is 13.0. The Labute approximate surface area is 146 Å². The first-order valence-corrected chi connectivity index (χ1v) is 9.30. The molecule has 0 radical (unpaired) electrons. The minimum atomic E-state index is -3.95. The van der Waals surface area contributed by atoms with E-state index in [1.165, 1.54) is 4.31 Å². The highest BCUT2D eigenvalue weighted by atomic mass is 35.5. The molecule has 5 nitrogen and oxygen atoms in total. The van der Waals surface area contributed by atoms with Crippen molar-refractivity contribution in [2.24, 2.45) is 0 Å². The first kappa shape index (κ1) is 16.8. The number of carbonyl (C=O) groups is 1. The molecule has 0 saturated carbocycles. The van der Waals surface area contributed by atoms with Gasteiger partial charge in [-0.25, -0.2) is 8.61 Å². The van der Waals surface area contributed by atoms with Gasteiger partial charge in [0.1, 0.15) is 0 Å². The maximum absolute atomic E-state index is 13.0. The maximum Gasteiger partial charge on any atom is 0.329 e. The van der Waals surface area contributed by atoms with Crippen LogP contribution < -0.4 is 4.31 Å². The highest BCUT2D eigenvalue weighted by Crippen LogP contribution is 2.34. The van der Waals surface area contributed by atoms with Crippen molar-refractivity contribution in [1.82, 2.24) is 4.31 Å². The second kappa shape index (κ2) is 6.11. The fraction of sp³-hybridized carbons (Fsp3) is 0.235. The molecule has 0 unspecified atom stereocenters. The van der Waals surface area contributed by atoms with Gasteiger partial charge in [0.05, 0.1) is 17.8 Å². The second-order valence-electron chi connectivity index (χ2n) is 5.85. The molecular weight excluding hydrogens is 348 g/mol. The van der Waals surface area contributed by atoms with Crippen LogP contribution in [-0.2, 0) is 16.8 Å². The zero-order valence-corrected chi connectivity index (χ0v) is 14.9. The second-order valence-corrected chi connectivity index (χ2v) is 8.02. The smallest absolute Gasteiger partial charge is 0.268 e. The Bertz CT molecular complexity index is 879. The van der Waals surface area contributed by atoms with Crippen molar-refractivity contribution in [3.63, 3.8) is 0 Å². The molecule has 2 aromatic rings. The van der Waals surface area contributed by atoms with E-state index in [1.807, 2.05) is 0 Å². The van der Waals surface area contributed by atoms with Crippen LogP contribution in [0.4, 0.5) is 5.69 Å². The van der Waals surface area contributed by atoms with Gasteiger partial charge < -0.3 is 0 Å². The van der Waals surface area contributed by atoms with Gasteiger partial charge in [0.2, 0.25) is 0 Å². The Morgan fingerprint density at radius 1 is 1.04 bits per heavy atom. The molecule has 126 valence electrons. The molecule has 24 heavy (non-hydrogen) atoms. The predicted molar refractivity (Wildman–Crippen MR) is 94.3 cm³/mol. The third-order valence-electron chi connectivity index (χ3n) is 3.84. The minimum absolute atomic E-state index is 0.132. The SMILES string of the molecule is CC(C)N1C(=O)c2ccccc2N(Cc2ccc(Cl)cc2)S1(=O)=O. The molecule has 2 aromatic carbocycles. The summed E-state index contributed by atoms with van der Waals surface area (Å²) < 4.78 is 28.2. The number of rotatable bonds is 3. The molecule has 0 N–H and O–H groups in total. The van der Waals surface area contributed by atoms with Crippen LogP contribution in [0, 0.1) is 0 Å².